The predicted octanol–water partition coefficient (Wildman–Crippen LogP) is 2.28. The molecule has 1 aliphatic carbocycles. The highest BCUT2D eigenvalue weighted by Gasteiger charge is 2.39. The second kappa shape index (κ2) is 4.77. The van der Waals surface area contributed by atoms with E-state index in [9.17, 15) is 0 Å². The lowest BCUT2D eigenvalue weighted by molar-refractivity contribution is -0.0672. The summed E-state index contributed by atoms with van der Waals surface area (Å²) in [6.07, 6.45) is 7.25. The summed E-state index contributed by atoms with van der Waals surface area (Å²) in [5.74, 6) is 1.10. The molecule has 3 rings (SSSR count). The van der Waals surface area contributed by atoms with E-state index in [1.54, 1.807) is 11.8 Å². The first kappa shape index (κ1) is 12.3. The Morgan fingerprint density at radius 3 is 2.74 bits per heavy atom. The third-order valence-electron chi connectivity index (χ3n) is 3.81. The number of methoxy groups -OCH3 is 1. The number of ether oxygens (including phenoxy) is 1. The van der Waals surface area contributed by atoms with E-state index >= 15 is 0 Å². The van der Waals surface area contributed by atoms with Gasteiger partial charge >= 0.3 is 0 Å². The van der Waals surface area contributed by atoms with Crippen molar-refractivity contribution < 1.29 is 9.26 Å². The molecule has 2 heterocycles. The minimum absolute atomic E-state index is 0.404. The van der Waals surface area contributed by atoms with Gasteiger partial charge in [-0.25, -0.2) is 0 Å². The molecule has 0 saturated heterocycles. The van der Waals surface area contributed by atoms with Crippen LogP contribution in [0.25, 0.3) is 11.5 Å². The van der Waals surface area contributed by atoms with Crippen LogP contribution in [-0.2, 0) is 17.4 Å². The summed E-state index contributed by atoms with van der Waals surface area (Å²) in [4.78, 5) is 4.48. The summed E-state index contributed by atoms with van der Waals surface area (Å²) in [6, 6.07) is 1.87. The van der Waals surface area contributed by atoms with E-state index in [4.69, 9.17) is 9.26 Å². The van der Waals surface area contributed by atoms with Gasteiger partial charge in [-0.2, -0.15) is 10.1 Å². The van der Waals surface area contributed by atoms with Crippen molar-refractivity contribution in [3.63, 3.8) is 0 Å². The van der Waals surface area contributed by atoms with Gasteiger partial charge in [0.1, 0.15) is 11.3 Å². The normalized spacial score (nSPS) is 18.6. The fourth-order valence-electron chi connectivity index (χ4n) is 2.68. The Morgan fingerprint density at radius 1 is 1.32 bits per heavy atom. The summed E-state index contributed by atoms with van der Waals surface area (Å²) in [7, 11) is 3.58. The minimum Gasteiger partial charge on any atom is -0.368 e. The van der Waals surface area contributed by atoms with E-state index in [-0.39, 0.29) is 0 Å². The average Bonchev–Trinajstić information content (AvgIpc) is 3.08. The van der Waals surface area contributed by atoms with Crippen molar-refractivity contribution in [1.29, 1.82) is 0 Å². The fraction of sp³-hybridized carbons (Fsp3) is 0.615. The Labute approximate surface area is 111 Å². The largest absolute Gasteiger partial charge is 0.368 e. The Kier molecular flexibility index (Phi) is 3.10. The quantitative estimate of drug-likeness (QED) is 0.849. The Hall–Kier alpha value is -1.69. The van der Waals surface area contributed by atoms with Gasteiger partial charge in [-0.05, 0) is 18.9 Å². The number of hydrogen-bond acceptors (Lipinski definition) is 5. The van der Waals surface area contributed by atoms with Gasteiger partial charge in [-0.3, -0.25) is 4.68 Å². The summed E-state index contributed by atoms with van der Waals surface area (Å²) < 4.78 is 12.8. The molecule has 1 saturated carbocycles. The monoisotopic (exact) mass is 262 g/mol. The van der Waals surface area contributed by atoms with E-state index < -0.39 is 5.60 Å². The van der Waals surface area contributed by atoms with Crippen LogP contribution in [0.2, 0.25) is 0 Å². The lowest BCUT2D eigenvalue weighted by atomic mass is 9.84. The molecule has 19 heavy (non-hydrogen) atoms. The van der Waals surface area contributed by atoms with Crippen molar-refractivity contribution in [3.05, 3.63) is 18.2 Å². The maximum atomic E-state index is 5.70. The fourth-order valence-corrected chi connectivity index (χ4v) is 2.68. The number of aryl methyl sites for hydroxylation is 1. The first-order valence-corrected chi connectivity index (χ1v) is 6.63. The molecule has 2 aromatic heterocycles. The molecule has 6 nitrogen and oxygen atoms in total. The van der Waals surface area contributed by atoms with E-state index in [0.29, 0.717) is 11.7 Å². The highest BCUT2D eigenvalue weighted by atomic mass is 16.5. The Bertz CT molecular complexity index is 554. The van der Waals surface area contributed by atoms with Crippen LogP contribution < -0.4 is 0 Å². The van der Waals surface area contributed by atoms with Crippen molar-refractivity contribution in [2.45, 2.75) is 37.7 Å². The molecule has 0 amide bonds. The lowest BCUT2D eigenvalue weighted by Gasteiger charge is -2.32. The average molecular weight is 262 g/mol. The zero-order valence-corrected chi connectivity index (χ0v) is 11.3. The zero-order valence-electron chi connectivity index (χ0n) is 11.3. The van der Waals surface area contributed by atoms with Gasteiger partial charge in [0.15, 0.2) is 0 Å². The summed E-state index contributed by atoms with van der Waals surface area (Å²) >= 11 is 0. The molecule has 0 radical (unpaired) electrons. The van der Waals surface area contributed by atoms with Crippen molar-refractivity contribution >= 4 is 0 Å². The summed E-state index contributed by atoms with van der Waals surface area (Å²) in [5, 5.41) is 8.30. The highest BCUT2D eigenvalue weighted by Crippen LogP contribution is 2.39. The molecule has 0 atom stereocenters. The van der Waals surface area contributed by atoms with E-state index in [0.717, 1.165) is 31.4 Å². The lowest BCUT2D eigenvalue weighted by Crippen LogP contribution is -2.31. The smallest absolute Gasteiger partial charge is 0.259 e. The first-order chi connectivity index (χ1) is 9.23. The number of rotatable bonds is 3. The molecule has 0 aliphatic heterocycles. The molecule has 1 aliphatic rings. The van der Waals surface area contributed by atoms with Crippen LogP contribution >= 0.6 is 0 Å². The molecule has 0 unspecified atom stereocenters. The molecule has 0 N–H and O–H groups in total. The number of nitrogens with zero attached hydrogens (tertiary/aromatic N) is 4. The van der Waals surface area contributed by atoms with Crippen LogP contribution in [0.1, 0.15) is 38.0 Å². The second-order valence-corrected chi connectivity index (χ2v) is 5.06. The van der Waals surface area contributed by atoms with Gasteiger partial charge in [-0.15, -0.1) is 0 Å². The minimum atomic E-state index is -0.404. The Balaban J connectivity index is 1.91. The van der Waals surface area contributed by atoms with Gasteiger partial charge in [0.2, 0.25) is 5.82 Å². The van der Waals surface area contributed by atoms with Gasteiger partial charge in [0, 0.05) is 20.4 Å². The van der Waals surface area contributed by atoms with Crippen LogP contribution in [-0.4, -0.2) is 27.0 Å². The maximum absolute atomic E-state index is 5.70. The van der Waals surface area contributed by atoms with E-state index in [1.165, 1.54) is 6.42 Å². The third kappa shape index (κ3) is 2.16. The van der Waals surface area contributed by atoms with Crippen molar-refractivity contribution in [2.24, 2.45) is 7.05 Å². The van der Waals surface area contributed by atoms with E-state index in [1.807, 2.05) is 19.3 Å². The summed E-state index contributed by atoms with van der Waals surface area (Å²) in [5.41, 5.74) is 0.317. The standard InChI is InChI=1S/C13H18N4O2/c1-17-9-6-10(15-17)11-14-12(19-16-11)13(18-2)7-4-3-5-8-13/h6,9H,3-5,7-8H2,1-2H3. The van der Waals surface area contributed by atoms with Crippen molar-refractivity contribution in [2.75, 3.05) is 7.11 Å². The molecular formula is C13H18N4O2. The summed E-state index contributed by atoms with van der Waals surface area (Å²) in [6.45, 7) is 0. The highest BCUT2D eigenvalue weighted by molar-refractivity contribution is 5.46. The first-order valence-electron chi connectivity index (χ1n) is 6.63. The zero-order chi connectivity index (χ0) is 13.3. The van der Waals surface area contributed by atoms with Crippen molar-refractivity contribution in [3.8, 4) is 11.5 Å². The number of aromatic nitrogens is 4. The molecule has 0 bridgehead atoms. The van der Waals surface area contributed by atoms with Crippen LogP contribution in [0.15, 0.2) is 16.8 Å². The molecular weight excluding hydrogens is 244 g/mol. The van der Waals surface area contributed by atoms with Gasteiger partial charge in [0.25, 0.3) is 5.89 Å². The number of hydrogen-bond donors (Lipinski definition) is 0. The third-order valence-corrected chi connectivity index (χ3v) is 3.81. The maximum Gasteiger partial charge on any atom is 0.259 e. The van der Waals surface area contributed by atoms with E-state index in [2.05, 4.69) is 15.2 Å². The van der Waals surface area contributed by atoms with Gasteiger partial charge < -0.3 is 9.26 Å². The van der Waals surface area contributed by atoms with Gasteiger partial charge in [-0.1, -0.05) is 24.4 Å². The van der Waals surface area contributed by atoms with Crippen LogP contribution in [0.4, 0.5) is 0 Å². The molecule has 102 valence electrons. The van der Waals surface area contributed by atoms with Crippen molar-refractivity contribution in [1.82, 2.24) is 19.9 Å². The molecule has 0 aromatic carbocycles. The molecule has 2 aromatic rings. The SMILES string of the molecule is COC1(c2nc(-c3ccn(C)n3)no2)CCCCC1. The molecule has 0 spiro atoms. The molecule has 6 heteroatoms. The molecule has 1 fully saturated rings. The second-order valence-electron chi connectivity index (χ2n) is 5.06. The topological polar surface area (TPSA) is 66.0 Å². The van der Waals surface area contributed by atoms with Crippen LogP contribution in [0.5, 0.6) is 0 Å². The van der Waals surface area contributed by atoms with Crippen LogP contribution in [0, 0.1) is 0 Å². The van der Waals surface area contributed by atoms with Gasteiger partial charge in [0.05, 0.1) is 0 Å². The predicted molar refractivity (Wildman–Crippen MR) is 68.3 cm³/mol. The Morgan fingerprint density at radius 2 is 2.11 bits per heavy atom. The van der Waals surface area contributed by atoms with Crippen LogP contribution in [0.3, 0.4) is 0 Å².